The molecule has 0 bridgehead atoms. The Balaban J connectivity index is 3.06. The summed E-state index contributed by atoms with van der Waals surface area (Å²) >= 11 is 5.62. The summed E-state index contributed by atoms with van der Waals surface area (Å²) in [6.07, 6.45) is 0. The van der Waals surface area contributed by atoms with Crippen LogP contribution in [-0.2, 0) is 10.2 Å². The first-order valence-corrected chi connectivity index (χ1v) is 5.84. The zero-order chi connectivity index (χ0) is 11.6. The first-order chi connectivity index (χ1) is 6.84. The number of hydrogen-bond acceptors (Lipinski definition) is 3. The Labute approximate surface area is 93.5 Å². The Hall–Kier alpha value is -0.980. The summed E-state index contributed by atoms with van der Waals surface area (Å²) in [6, 6.07) is 4.42. The van der Waals surface area contributed by atoms with Gasteiger partial charge < -0.3 is 5.11 Å². The molecule has 0 aliphatic rings. The number of rotatable bonds is 3. The van der Waals surface area contributed by atoms with E-state index in [2.05, 4.69) is 4.72 Å². The molecule has 0 fully saturated rings. The molecular weight excluding hydrogens is 240 g/mol. The largest absolute Gasteiger partial charge is 0.504 e. The first kappa shape index (κ1) is 12.1. The van der Waals surface area contributed by atoms with Gasteiger partial charge in [-0.1, -0.05) is 17.7 Å². The van der Waals surface area contributed by atoms with Crippen LogP contribution in [0.5, 0.6) is 5.75 Å². The number of para-hydroxylation sites is 1. The van der Waals surface area contributed by atoms with Gasteiger partial charge in [-0.3, -0.25) is 4.72 Å². The molecule has 0 aliphatic carbocycles. The van der Waals surface area contributed by atoms with Gasteiger partial charge in [-0.15, -0.1) is 0 Å². The molecular formula is C8H11ClN2O3S. The summed E-state index contributed by atoms with van der Waals surface area (Å²) < 4.78 is 26.0. The lowest BCUT2D eigenvalue weighted by atomic mass is 10.3. The molecule has 2 N–H and O–H groups in total. The van der Waals surface area contributed by atoms with Crippen molar-refractivity contribution < 1.29 is 13.5 Å². The summed E-state index contributed by atoms with van der Waals surface area (Å²) in [5.74, 6) is -0.287. The van der Waals surface area contributed by atoms with E-state index in [1.165, 1.54) is 32.3 Å². The highest BCUT2D eigenvalue weighted by Gasteiger charge is 2.15. The van der Waals surface area contributed by atoms with E-state index in [-0.39, 0.29) is 16.5 Å². The molecule has 0 radical (unpaired) electrons. The van der Waals surface area contributed by atoms with E-state index in [1.807, 2.05) is 0 Å². The topological polar surface area (TPSA) is 69.6 Å². The van der Waals surface area contributed by atoms with Crippen LogP contribution < -0.4 is 4.72 Å². The molecule has 1 aromatic rings. The van der Waals surface area contributed by atoms with Gasteiger partial charge >= 0.3 is 10.2 Å². The van der Waals surface area contributed by atoms with Crippen LogP contribution >= 0.6 is 11.6 Å². The number of halogens is 1. The van der Waals surface area contributed by atoms with Crippen LogP contribution in [0.4, 0.5) is 5.69 Å². The molecule has 0 heterocycles. The fourth-order valence-corrected chi connectivity index (χ4v) is 1.63. The van der Waals surface area contributed by atoms with Crippen LogP contribution in [0, 0.1) is 0 Å². The summed E-state index contributed by atoms with van der Waals surface area (Å²) in [6.45, 7) is 0. The van der Waals surface area contributed by atoms with Gasteiger partial charge in [0.15, 0.2) is 5.75 Å². The summed E-state index contributed by atoms with van der Waals surface area (Å²) in [7, 11) is -0.868. The number of hydrogen-bond donors (Lipinski definition) is 2. The van der Waals surface area contributed by atoms with E-state index in [9.17, 15) is 13.5 Å². The van der Waals surface area contributed by atoms with Crippen LogP contribution in [0.2, 0.25) is 5.02 Å². The SMILES string of the molecule is CN(C)S(=O)(=O)Nc1cccc(Cl)c1O. The molecule has 0 spiro atoms. The molecule has 0 aliphatic heterocycles. The van der Waals surface area contributed by atoms with Gasteiger partial charge in [0.05, 0.1) is 10.7 Å². The number of nitrogens with one attached hydrogen (secondary N) is 1. The number of phenols is 1. The van der Waals surface area contributed by atoms with Crippen molar-refractivity contribution in [2.45, 2.75) is 0 Å². The van der Waals surface area contributed by atoms with Crippen molar-refractivity contribution in [1.29, 1.82) is 0 Å². The van der Waals surface area contributed by atoms with E-state index in [0.717, 1.165) is 4.31 Å². The lowest BCUT2D eigenvalue weighted by Gasteiger charge is -2.14. The number of phenolic OH excluding ortho intramolecular Hbond substituents is 1. The number of aromatic hydroxyl groups is 1. The molecule has 0 saturated carbocycles. The summed E-state index contributed by atoms with van der Waals surface area (Å²) in [4.78, 5) is 0. The third-order valence-electron chi connectivity index (χ3n) is 1.71. The van der Waals surface area contributed by atoms with E-state index < -0.39 is 10.2 Å². The highest BCUT2D eigenvalue weighted by molar-refractivity contribution is 7.90. The van der Waals surface area contributed by atoms with Crippen LogP contribution in [0.25, 0.3) is 0 Å². The van der Waals surface area contributed by atoms with E-state index in [0.29, 0.717) is 0 Å². The second kappa shape index (κ2) is 4.26. The number of anilines is 1. The number of benzene rings is 1. The Kier molecular flexibility index (Phi) is 3.43. The lowest BCUT2D eigenvalue weighted by molar-refractivity contribution is 0.477. The maximum Gasteiger partial charge on any atom is 0.301 e. The standard InChI is InChI=1S/C8H11ClN2O3S/c1-11(2)15(13,14)10-7-5-3-4-6(9)8(7)12/h3-5,10,12H,1-2H3. The third kappa shape index (κ3) is 2.74. The molecule has 0 aromatic heterocycles. The molecule has 0 saturated heterocycles. The molecule has 0 atom stereocenters. The van der Waals surface area contributed by atoms with Crippen molar-refractivity contribution in [2.75, 3.05) is 18.8 Å². The Morgan fingerprint density at radius 1 is 1.40 bits per heavy atom. The summed E-state index contributed by atoms with van der Waals surface area (Å²) in [5, 5.41) is 9.56. The second-order valence-corrected chi connectivity index (χ2v) is 5.32. The fourth-order valence-electron chi connectivity index (χ4n) is 0.828. The minimum absolute atomic E-state index is 0.0520. The Morgan fingerprint density at radius 3 is 2.53 bits per heavy atom. The van der Waals surface area contributed by atoms with E-state index >= 15 is 0 Å². The number of nitrogens with zero attached hydrogens (tertiary/aromatic N) is 1. The third-order valence-corrected chi connectivity index (χ3v) is 3.45. The normalized spacial score (nSPS) is 11.7. The zero-order valence-corrected chi connectivity index (χ0v) is 9.80. The van der Waals surface area contributed by atoms with Gasteiger partial charge in [0.25, 0.3) is 0 Å². The first-order valence-electron chi connectivity index (χ1n) is 4.02. The average Bonchev–Trinajstić information content (AvgIpc) is 2.12. The van der Waals surface area contributed by atoms with Crippen molar-refractivity contribution in [1.82, 2.24) is 4.31 Å². The van der Waals surface area contributed by atoms with Crippen LogP contribution in [0.1, 0.15) is 0 Å². The van der Waals surface area contributed by atoms with Gasteiger partial charge in [-0.2, -0.15) is 12.7 Å². The highest BCUT2D eigenvalue weighted by Crippen LogP contribution is 2.31. The predicted octanol–water partition coefficient (Wildman–Crippen LogP) is 1.26. The maximum atomic E-state index is 11.4. The minimum atomic E-state index is -3.63. The van der Waals surface area contributed by atoms with Crippen molar-refractivity contribution in [3.63, 3.8) is 0 Å². The van der Waals surface area contributed by atoms with Crippen LogP contribution in [0.3, 0.4) is 0 Å². The molecule has 0 amide bonds. The molecule has 1 rings (SSSR count). The van der Waals surface area contributed by atoms with Gasteiger partial charge in [0, 0.05) is 14.1 Å². The van der Waals surface area contributed by atoms with Gasteiger partial charge in [0.2, 0.25) is 0 Å². The van der Waals surface area contributed by atoms with Crippen LogP contribution in [-0.4, -0.2) is 31.9 Å². The van der Waals surface area contributed by atoms with Crippen LogP contribution in [0.15, 0.2) is 18.2 Å². The minimum Gasteiger partial charge on any atom is -0.504 e. The Bertz CT molecular complexity index is 459. The van der Waals surface area contributed by atoms with E-state index in [4.69, 9.17) is 11.6 Å². The van der Waals surface area contributed by atoms with Crippen molar-refractivity contribution >= 4 is 27.5 Å². The predicted molar refractivity (Wildman–Crippen MR) is 59.3 cm³/mol. The molecule has 15 heavy (non-hydrogen) atoms. The molecule has 1 aromatic carbocycles. The quantitative estimate of drug-likeness (QED) is 0.794. The smallest absolute Gasteiger partial charge is 0.301 e. The lowest BCUT2D eigenvalue weighted by Crippen LogP contribution is -2.28. The second-order valence-electron chi connectivity index (χ2n) is 3.03. The van der Waals surface area contributed by atoms with Gasteiger partial charge in [-0.25, -0.2) is 0 Å². The molecule has 7 heteroatoms. The molecule has 5 nitrogen and oxygen atoms in total. The Morgan fingerprint density at radius 2 is 2.00 bits per heavy atom. The zero-order valence-electron chi connectivity index (χ0n) is 8.23. The van der Waals surface area contributed by atoms with Crippen molar-refractivity contribution in [3.05, 3.63) is 23.2 Å². The van der Waals surface area contributed by atoms with Crippen molar-refractivity contribution in [2.24, 2.45) is 0 Å². The summed E-state index contributed by atoms with van der Waals surface area (Å²) in [5.41, 5.74) is 0.0520. The molecule has 0 unspecified atom stereocenters. The van der Waals surface area contributed by atoms with Gasteiger partial charge in [-0.05, 0) is 12.1 Å². The monoisotopic (exact) mass is 250 g/mol. The maximum absolute atomic E-state index is 11.4. The van der Waals surface area contributed by atoms with E-state index in [1.54, 1.807) is 0 Å². The molecule has 84 valence electrons. The average molecular weight is 251 g/mol. The van der Waals surface area contributed by atoms with Gasteiger partial charge in [0.1, 0.15) is 0 Å². The van der Waals surface area contributed by atoms with Crippen molar-refractivity contribution in [3.8, 4) is 5.75 Å². The fraction of sp³-hybridized carbons (Fsp3) is 0.250. The highest BCUT2D eigenvalue weighted by atomic mass is 35.5.